The topological polar surface area (TPSA) is 193 Å². The number of nitrogens with one attached hydrogen (secondary N) is 4. The van der Waals surface area contributed by atoms with Gasteiger partial charge in [-0.15, -0.1) is 10.2 Å². The number of aromatic amines is 2. The van der Waals surface area contributed by atoms with Crippen LogP contribution < -0.4 is 20.9 Å². The highest BCUT2D eigenvalue weighted by atomic mass is 32.2. The van der Waals surface area contributed by atoms with Crippen LogP contribution in [0.4, 0.5) is 5.95 Å². The van der Waals surface area contributed by atoms with Crippen LogP contribution in [-0.4, -0.2) is 58.1 Å². The number of aromatic nitrogens is 6. The van der Waals surface area contributed by atoms with E-state index in [9.17, 15) is 8.42 Å². The molecule has 1 fully saturated rings. The van der Waals surface area contributed by atoms with E-state index in [1.54, 1.807) is 6.07 Å². The molecule has 0 saturated carbocycles. The fourth-order valence-electron chi connectivity index (χ4n) is 4.01. The van der Waals surface area contributed by atoms with Crippen molar-refractivity contribution in [3.63, 3.8) is 0 Å². The van der Waals surface area contributed by atoms with E-state index in [1.165, 1.54) is 11.9 Å². The molecule has 2 aromatic carbocycles. The van der Waals surface area contributed by atoms with Crippen LogP contribution in [0.15, 0.2) is 40.1 Å². The fraction of sp³-hybridized carbons (Fsp3) is 0.263. The van der Waals surface area contributed by atoms with E-state index in [2.05, 4.69) is 40.6 Å². The molecule has 5 rings (SSSR count). The molecule has 12 nitrogen and oxygen atoms in total. The van der Waals surface area contributed by atoms with Crippen molar-refractivity contribution >= 4 is 39.0 Å². The maximum Gasteiger partial charge on any atom is 0.239 e. The lowest BCUT2D eigenvalue weighted by Crippen LogP contribution is -2.40. The van der Waals surface area contributed by atoms with Crippen LogP contribution in [0.5, 0.6) is 0 Å². The number of imidazole rings is 1. The monoisotopic (exact) mass is 486 g/mol. The minimum absolute atomic E-state index is 0.0804. The molecule has 1 aliphatic rings. The Bertz CT molecular complexity index is 1400. The van der Waals surface area contributed by atoms with Gasteiger partial charge in [0.25, 0.3) is 0 Å². The molecule has 4 aromatic rings. The predicted octanol–water partition coefficient (Wildman–Crippen LogP) is 0.988. The predicted molar refractivity (Wildman–Crippen MR) is 125 cm³/mol. The summed E-state index contributed by atoms with van der Waals surface area (Å²) in [7, 11) is -4.17. The van der Waals surface area contributed by atoms with Crippen LogP contribution in [0.3, 0.4) is 0 Å². The lowest BCUT2D eigenvalue weighted by Gasteiger charge is -2.24. The Morgan fingerprint density at radius 3 is 2.79 bits per heavy atom. The summed E-state index contributed by atoms with van der Waals surface area (Å²) in [5, 5.41) is 23.2. The van der Waals surface area contributed by atoms with Crippen molar-refractivity contribution in [3.8, 4) is 22.5 Å². The summed E-state index contributed by atoms with van der Waals surface area (Å²) in [6.45, 7) is 1.78. The number of benzene rings is 2. The normalized spacial score (nSPS) is 16.9. The lowest BCUT2D eigenvalue weighted by molar-refractivity contribution is 0.441. The highest BCUT2D eigenvalue weighted by Gasteiger charge is 2.28. The van der Waals surface area contributed by atoms with E-state index in [0.29, 0.717) is 27.1 Å². The van der Waals surface area contributed by atoms with Crippen LogP contribution >= 0.6 is 11.9 Å². The zero-order valence-electron chi connectivity index (χ0n) is 17.4. The summed E-state index contributed by atoms with van der Waals surface area (Å²) < 4.78 is 29.1. The minimum Gasteiger partial charge on any atom is -0.369 e. The Labute approximate surface area is 193 Å². The standard InChI is InChI=1S/C19H22N10O2S2/c20-19-23-13-5-1-4-12(16(13)24-19)11-6-7-14(32-27-10-3-2-8-22-9-10)17(33(21,30)31)15(11)18-25-28-29-26-18/h1,4-7,10,22,27H,2-3,8-9H2,(H3,20,23,24)(H2,21,30,31)(H,25,26,28,29)/t10-/m1/s1. The molecule has 1 saturated heterocycles. The molecule has 1 atom stereocenters. The number of H-pyrrole nitrogens is 2. The van der Waals surface area contributed by atoms with Gasteiger partial charge in [0.15, 0.2) is 5.95 Å². The van der Waals surface area contributed by atoms with Crippen molar-refractivity contribution in [3.05, 3.63) is 30.3 Å². The van der Waals surface area contributed by atoms with Crippen molar-refractivity contribution in [2.75, 3.05) is 18.8 Å². The van der Waals surface area contributed by atoms with Crippen molar-refractivity contribution in [1.29, 1.82) is 0 Å². The van der Waals surface area contributed by atoms with Gasteiger partial charge in [-0.3, -0.25) is 4.72 Å². The highest BCUT2D eigenvalue weighted by Crippen LogP contribution is 2.41. The van der Waals surface area contributed by atoms with E-state index in [4.69, 9.17) is 10.9 Å². The number of nitrogens with two attached hydrogens (primary N) is 2. The second-order valence-corrected chi connectivity index (χ2v) is 10.1. The average molecular weight is 487 g/mol. The van der Waals surface area contributed by atoms with Gasteiger partial charge in [0.1, 0.15) is 4.90 Å². The molecule has 14 heteroatoms. The molecule has 8 N–H and O–H groups in total. The van der Waals surface area contributed by atoms with Crippen LogP contribution in [-0.2, 0) is 10.0 Å². The van der Waals surface area contributed by atoms with Gasteiger partial charge >= 0.3 is 0 Å². The number of sulfonamides is 1. The summed E-state index contributed by atoms with van der Waals surface area (Å²) in [4.78, 5) is 7.73. The van der Waals surface area contributed by atoms with Crippen molar-refractivity contribution in [1.82, 2.24) is 40.6 Å². The van der Waals surface area contributed by atoms with Crippen LogP contribution in [0.2, 0.25) is 0 Å². The number of anilines is 1. The number of piperidine rings is 1. The van der Waals surface area contributed by atoms with Gasteiger partial charge in [-0.05, 0) is 54.2 Å². The largest absolute Gasteiger partial charge is 0.369 e. The molecular formula is C19H22N10O2S2. The molecule has 0 spiro atoms. The first kappa shape index (κ1) is 21.8. The Morgan fingerprint density at radius 1 is 1.18 bits per heavy atom. The third kappa shape index (κ3) is 4.30. The molecule has 3 heterocycles. The van der Waals surface area contributed by atoms with Gasteiger partial charge in [-0.1, -0.05) is 18.2 Å². The van der Waals surface area contributed by atoms with Gasteiger partial charge < -0.3 is 16.0 Å². The number of tetrazole rings is 1. The van der Waals surface area contributed by atoms with Crippen LogP contribution in [0, 0.1) is 0 Å². The molecule has 172 valence electrons. The van der Waals surface area contributed by atoms with Gasteiger partial charge in [-0.2, -0.15) is 5.21 Å². The molecular weight excluding hydrogens is 464 g/mol. The first-order valence-corrected chi connectivity index (χ1v) is 12.6. The summed E-state index contributed by atoms with van der Waals surface area (Å²) in [5.41, 5.74) is 8.61. The third-order valence-corrected chi connectivity index (χ3v) is 7.56. The van der Waals surface area contributed by atoms with E-state index in [0.717, 1.165) is 25.9 Å². The van der Waals surface area contributed by atoms with E-state index >= 15 is 0 Å². The molecule has 33 heavy (non-hydrogen) atoms. The summed E-state index contributed by atoms with van der Waals surface area (Å²) in [6.07, 6.45) is 2.03. The maximum absolute atomic E-state index is 12.9. The van der Waals surface area contributed by atoms with E-state index < -0.39 is 10.0 Å². The van der Waals surface area contributed by atoms with Gasteiger partial charge in [-0.25, -0.2) is 18.5 Å². The smallest absolute Gasteiger partial charge is 0.239 e. The number of nitrogen functional groups attached to an aromatic ring is 1. The molecule has 1 aliphatic heterocycles. The number of rotatable bonds is 6. The molecule has 0 amide bonds. The van der Waals surface area contributed by atoms with Crippen molar-refractivity contribution in [2.45, 2.75) is 28.7 Å². The number of para-hydroxylation sites is 1. The second-order valence-electron chi connectivity index (χ2n) is 7.68. The zero-order valence-corrected chi connectivity index (χ0v) is 19.0. The van der Waals surface area contributed by atoms with Gasteiger partial charge in [0.05, 0.1) is 16.6 Å². The number of hydrogen-bond acceptors (Lipinski definition) is 10. The van der Waals surface area contributed by atoms with Crippen molar-refractivity contribution in [2.24, 2.45) is 5.14 Å². The lowest BCUT2D eigenvalue weighted by atomic mass is 9.98. The Kier molecular flexibility index (Phi) is 5.76. The average Bonchev–Trinajstić information content (AvgIpc) is 3.46. The van der Waals surface area contributed by atoms with Gasteiger partial charge in [0, 0.05) is 23.0 Å². The first-order chi connectivity index (χ1) is 15.9. The number of hydrogen-bond donors (Lipinski definition) is 6. The molecule has 0 unspecified atom stereocenters. The zero-order chi connectivity index (χ0) is 23.0. The number of nitrogens with zero attached hydrogens (tertiary/aromatic N) is 4. The molecule has 2 aromatic heterocycles. The SMILES string of the molecule is Nc1nc2c(-c3ccc(SN[C@@H]4CCCNC4)c(S(N)(=O)=O)c3-c3nn[nH]n3)cccc2[nH]1. The second kappa shape index (κ2) is 8.72. The number of fused-ring (bicyclic) bond motifs is 1. The fourth-order valence-corrected chi connectivity index (χ4v) is 6.14. The quantitative estimate of drug-likeness (QED) is 0.214. The molecule has 0 radical (unpaired) electrons. The summed E-state index contributed by atoms with van der Waals surface area (Å²) in [6, 6.07) is 9.22. The molecule has 0 aliphatic carbocycles. The minimum atomic E-state index is -4.17. The Morgan fingerprint density at radius 2 is 2.06 bits per heavy atom. The van der Waals surface area contributed by atoms with Crippen LogP contribution in [0.25, 0.3) is 33.5 Å². The maximum atomic E-state index is 12.9. The van der Waals surface area contributed by atoms with Gasteiger partial charge in [0.2, 0.25) is 15.8 Å². The van der Waals surface area contributed by atoms with E-state index in [1.807, 2.05) is 24.3 Å². The summed E-state index contributed by atoms with van der Waals surface area (Å²) in [5.74, 6) is 0.360. The highest BCUT2D eigenvalue weighted by molar-refractivity contribution is 7.98. The first-order valence-electron chi connectivity index (χ1n) is 10.2. The Balaban J connectivity index is 1.70. The Hall–Kier alpha value is -3.04. The third-order valence-electron chi connectivity index (χ3n) is 5.43. The molecule has 0 bridgehead atoms. The van der Waals surface area contributed by atoms with E-state index in [-0.39, 0.29) is 28.3 Å². The summed E-state index contributed by atoms with van der Waals surface area (Å²) >= 11 is 1.23. The van der Waals surface area contributed by atoms with Crippen LogP contribution in [0.1, 0.15) is 12.8 Å². The van der Waals surface area contributed by atoms with Crippen molar-refractivity contribution < 1.29 is 8.42 Å². The number of primary sulfonamides is 1.